The van der Waals surface area contributed by atoms with Crippen molar-refractivity contribution in [3.8, 4) is 17.1 Å². The summed E-state index contributed by atoms with van der Waals surface area (Å²) in [7, 11) is 1.57. The maximum Gasteiger partial charge on any atom is 0.291 e. The van der Waals surface area contributed by atoms with Crippen LogP contribution in [-0.4, -0.2) is 40.9 Å². The normalized spacial score (nSPS) is 10.8. The third-order valence-electron chi connectivity index (χ3n) is 3.95. The molecule has 1 heterocycles. The predicted molar refractivity (Wildman–Crippen MR) is 106 cm³/mol. The minimum atomic E-state index is -0.381. The molecule has 140 valence electrons. The fourth-order valence-corrected chi connectivity index (χ4v) is 2.92. The van der Waals surface area contributed by atoms with Crippen molar-refractivity contribution in [2.75, 3.05) is 20.3 Å². The van der Waals surface area contributed by atoms with Crippen molar-refractivity contribution in [2.24, 2.45) is 0 Å². The number of hydrogen-bond donors (Lipinski definition) is 1. The van der Waals surface area contributed by atoms with Crippen molar-refractivity contribution in [3.63, 3.8) is 0 Å². The zero-order valence-corrected chi connectivity index (χ0v) is 16.4. The highest BCUT2D eigenvalue weighted by Crippen LogP contribution is 2.28. The summed E-state index contributed by atoms with van der Waals surface area (Å²) in [6.07, 6.45) is 0. The first-order valence-electron chi connectivity index (χ1n) is 8.27. The van der Waals surface area contributed by atoms with Crippen LogP contribution in [0, 0.1) is 6.92 Å². The molecule has 27 heavy (non-hydrogen) atoms. The number of ether oxygens (including phenoxy) is 1. The van der Waals surface area contributed by atoms with Gasteiger partial charge in [-0.2, -0.15) is 0 Å². The van der Waals surface area contributed by atoms with E-state index in [0.717, 1.165) is 16.8 Å². The fourth-order valence-electron chi connectivity index (χ4n) is 2.56. The van der Waals surface area contributed by atoms with Crippen LogP contribution < -0.4 is 5.32 Å². The lowest BCUT2D eigenvalue weighted by Crippen LogP contribution is -2.28. The molecule has 0 spiro atoms. The maximum absolute atomic E-state index is 12.4. The molecule has 0 saturated carbocycles. The van der Waals surface area contributed by atoms with Gasteiger partial charge in [-0.15, -0.1) is 5.10 Å². The summed E-state index contributed by atoms with van der Waals surface area (Å²) in [5.41, 5.74) is 2.31. The van der Waals surface area contributed by atoms with E-state index in [-0.39, 0.29) is 11.7 Å². The van der Waals surface area contributed by atoms with Gasteiger partial charge in [0, 0.05) is 29.3 Å². The van der Waals surface area contributed by atoms with Gasteiger partial charge in [-0.25, -0.2) is 9.67 Å². The molecule has 0 aliphatic heterocycles. The van der Waals surface area contributed by atoms with Crippen LogP contribution in [0.3, 0.4) is 0 Å². The Morgan fingerprint density at radius 2 is 2.00 bits per heavy atom. The van der Waals surface area contributed by atoms with E-state index in [9.17, 15) is 4.79 Å². The lowest BCUT2D eigenvalue weighted by molar-refractivity contribution is 0.0927. The van der Waals surface area contributed by atoms with Crippen molar-refractivity contribution >= 4 is 29.1 Å². The Balaban J connectivity index is 2.10. The first kappa shape index (κ1) is 19.4. The first-order chi connectivity index (χ1) is 13.0. The van der Waals surface area contributed by atoms with Crippen LogP contribution in [0.15, 0.2) is 42.5 Å². The number of carbonyl (C=O) groups is 1. The third-order valence-corrected chi connectivity index (χ3v) is 4.60. The number of nitrogens with zero attached hydrogens (tertiary/aromatic N) is 3. The topological polar surface area (TPSA) is 69.0 Å². The van der Waals surface area contributed by atoms with E-state index in [1.54, 1.807) is 30.0 Å². The minimum Gasteiger partial charge on any atom is -0.383 e. The molecule has 0 saturated heterocycles. The van der Waals surface area contributed by atoms with E-state index < -0.39 is 0 Å². The zero-order valence-electron chi connectivity index (χ0n) is 14.9. The molecule has 0 atom stereocenters. The van der Waals surface area contributed by atoms with Gasteiger partial charge in [-0.1, -0.05) is 41.4 Å². The van der Waals surface area contributed by atoms with Crippen LogP contribution in [-0.2, 0) is 4.74 Å². The molecule has 0 fully saturated rings. The van der Waals surface area contributed by atoms with E-state index in [2.05, 4.69) is 15.4 Å². The number of rotatable bonds is 6. The molecule has 0 unspecified atom stereocenters. The summed E-state index contributed by atoms with van der Waals surface area (Å²) >= 11 is 12.4. The summed E-state index contributed by atoms with van der Waals surface area (Å²) in [4.78, 5) is 16.9. The third kappa shape index (κ3) is 4.30. The highest BCUT2D eigenvalue weighted by atomic mass is 35.5. The average Bonchev–Trinajstić information content (AvgIpc) is 3.09. The summed E-state index contributed by atoms with van der Waals surface area (Å²) < 4.78 is 6.56. The smallest absolute Gasteiger partial charge is 0.291 e. The van der Waals surface area contributed by atoms with Gasteiger partial charge in [0.15, 0.2) is 5.82 Å². The Kier molecular flexibility index (Phi) is 6.11. The van der Waals surface area contributed by atoms with Crippen LogP contribution in [0.4, 0.5) is 0 Å². The van der Waals surface area contributed by atoms with Gasteiger partial charge in [0.2, 0.25) is 5.82 Å². The summed E-state index contributed by atoms with van der Waals surface area (Å²) in [5.74, 6) is 0.175. The second-order valence-electron chi connectivity index (χ2n) is 5.81. The molecular formula is C19H18Cl2N4O2. The van der Waals surface area contributed by atoms with Gasteiger partial charge < -0.3 is 10.1 Å². The molecule has 0 bridgehead atoms. The SMILES string of the molecule is COCCNC(=O)c1nc(-c2cccc(Cl)c2)n(-c2cccc(Cl)c2C)n1. The van der Waals surface area contributed by atoms with Gasteiger partial charge in [0.25, 0.3) is 5.91 Å². The Bertz CT molecular complexity index is 972. The molecule has 3 aromatic rings. The minimum absolute atomic E-state index is 0.0560. The second-order valence-corrected chi connectivity index (χ2v) is 6.66. The van der Waals surface area contributed by atoms with Gasteiger partial charge in [0.05, 0.1) is 12.3 Å². The molecule has 1 N–H and O–H groups in total. The molecular weight excluding hydrogens is 387 g/mol. The molecule has 3 rings (SSSR count). The van der Waals surface area contributed by atoms with Crippen LogP contribution in [0.5, 0.6) is 0 Å². The first-order valence-corrected chi connectivity index (χ1v) is 9.02. The van der Waals surface area contributed by atoms with Gasteiger partial charge in [-0.05, 0) is 36.8 Å². The van der Waals surface area contributed by atoms with E-state index >= 15 is 0 Å². The monoisotopic (exact) mass is 404 g/mol. The maximum atomic E-state index is 12.4. The van der Waals surface area contributed by atoms with Crippen molar-refractivity contribution in [2.45, 2.75) is 6.92 Å². The summed E-state index contributed by atoms with van der Waals surface area (Å²) in [5, 5.41) is 8.31. The van der Waals surface area contributed by atoms with Crippen molar-refractivity contribution in [1.29, 1.82) is 0 Å². The number of carbonyl (C=O) groups excluding carboxylic acids is 1. The van der Waals surface area contributed by atoms with Crippen LogP contribution >= 0.6 is 23.2 Å². The Morgan fingerprint density at radius 1 is 1.22 bits per heavy atom. The standard InChI is InChI=1S/C19H18Cl2N4O2/c1-12-15(21)7-4-8-16(12)25-18(13-5-3-6-14(20)11-13)23-17(24-25)19(26)22-9-10-27-2/h3-8,11H,9-10H2,1-2H3,(H,22,26). The lowest BCUT2D eigenvalue weighted by Gasteiger charge is -2.10. The molecule has 0 radical (unpaired) electrons. The molecule has 6 nitrogen and oxygen atoms in total. The van der Waals surface area contributed by atoms with Crippen LogP contribution in [0.1, 0.15) is 16.2 Å². The second kappa shape index (κ2) is 8.52. The summed E-state index contributed by atoms with van der Waals surface area (Å²) in [6, 6.07) is 12.7. The fraction of sp³-hybridized carbons (Fsp3) is 0.211. The predicted octanol–water partition coefficient (Wildman–Crippen LogP) is 3.93. The number of methoxy groups -OCH3 is 1. The van der Waals surface area contributed by atoms with E-state index in [0.29, 0.717) is 29.0 Å². The highest BCUT2D eigenvalue weighted by molar-refractivity contribution is 6.31. The number of aromatic nitrogens is 3. The van der Waals surface area contributed by atoms with E-state index in [1.807, 2.05) is 31.2 Å². The Morgan fingerprint density at radius 3 is 2.74 bits per heavy atom. The Labute approximate surface area is 167 Å². The number of nitrogens with one attached hydrogen (secondary N) is 1. The molecule has 1 amide bonds. The number of halogens is 2. The quantitative estimate of drug-likeness (QED) is 0.631. The highest BCUT2D eigenvalue weighted by Gasteiger charge is 2.20. The van der Waals surface area contributed by atoms with Gasteiger partial charge in [0.1, 0.15) is 0 Å². The van der Waals surface area contributed by atoms with Crippen LogP contribution in [0.2, 0.25) is 10.0 Å². The molecule has 8 heteroatoms. The lowest BCUT2D eigenvalue weighted by atomic mass is 10.1. The van der Waals surface area contributed by atoms with Crippen molar-refractivity contribution in [1.82, 2.24) is 20.1 Å². The van der Waals surface area contributed by atoms with Gasteiger partial charge >= 0.3 is 0 Å². The number of hydrogen-bond acceptors (Lipinski definition) is 4. The molecule has 2 aromatic carbocycles. The van der Waals surface area contributed by atoms with Crippen LogP contribution in [0.25, 0.3) is 17.1 Å². The molecule has 0 aliphatic carbocycles. The Hall–Kier alpha value is -2.41. The molecule has 0 aliphatic rings. The zero-order chi connectivity index (χ0) is 19.4. The van der Waals surface area contributed by atoms with Crippen molar-refractivity contribution in [3.05, 3.63) is 63.9 Å². The van der Waals surface area contributed by atoms with Crippen molar-refractivity contribution < 1.29 is 9.53 Å². The molecule has 1 aromatic heterocycles. The van der Waals surface area contributed by atoms with E-state index in [4.69, 9.17) is 27.9 Å². The number of benzene rings is 2. The van der Waals surface area contributed by atoms with Gasteiger partial charge in [-0.3, -0.25) is 4.79 Å². The number of amides is 1. The summed E-state index contributed by atoms with van der Waals surface area (Å²) in [6.45, 7) is 2.66. The average molecular weight is 405 g/mol. The largest absolute Gasteiger partial charge is 0.383 e. The van der Waals surface area contributed by atoms with E-state index in [1.165, 1.54) is 0 Å².